The molecule has 0 aliphatic rings. The summed E-state index contributed by atoms with van der Waals surface area (Å²) in [5.41, 5.74) is 8.48. The maximum Gasteiger partial charge on any atom is 0.307 e. The molecule has 3 N–H and O–H groups in total. The van der Waals surface area contributed by atoms with Crippen molar-refractivity contribution < 1.29 is 9.90 Å². The largest absolute Gasteiger partial charge is 0.481 e. The van der Waals surface area contributed by atoms with E-state index in [1.165, 1.54) is 0 Å². The number of carboxylic acid groups (broad SMARTS) is 1. The van der Waals surface area contributed by atoms with Gasteiger partial charge in [0.1, 0.15) is 0 Å². The summed E-state index contributed by atoms with van der Waals surface area (Å²) in [4.78, 5) is 10.7. The predicted octanol–water partition coefficient (Wildman–Crippen LogP) is 2.10. The molecule has 0 atom stereocenters. The summed E-state index contributed by atoms with van der Waals surface area (Å²) in [7, 11) is 0. The molecule has 0 spiro atoms. The van der Waals surface area contributed by atoms with Gasteiger partial charge in [0, 0.05) is 11.0 Å². The lowest BCUT2D eigenvalue weighted by atomic mass is 9.99. The number of carboxylic acids is 1. The van der Waals surface area contributed by atoms with Crippen LogP contribution in [0.4, 0.5) is 0 Å². The second-order valence-electron chi connectivity index (χ2n) is 3.34. The summed E-state index contributed by atoms with van der Waals surface area (Å²) in [6.45, 7) is 2.48. The summed E-state index contributed by atoms with van der Waals surface area (Å²) >= 11 is 3.39. The van der Waals surface area contributed by atoms with Gasteiger partial charge in [-0.25, -0.2) is 0 Å². The Balaban J connectivity index is 3.18. The number of hydrogen-bond donors (Lipinski definition) is 2. The monoisotopic (exact) mass is 271 g/mol. The van der Waals surface area contributed by atoms with E-state index in [1.54, 1.807) is 0 Å². The lowest BCUT2D eigenvalue weighted by molar-refractivity contribution is -0.136. The van der Waals surface area contributed by atoms with Gasteiger partial charge in [0.05, 0.1) is 6.42 Å². The highest BCUT2D eigenvalue weighted by Crippen LogP contribution is 2.24. The molecule has 0 aromatic heterocycles. The molecule has 0 aliphatic carbocycles. The number of aryl methyl sites for hydroxylation is 1. The van der Waals surface area contributed by atoms with E-state index in [4.69, 9.17) is 10.8 Å². The summed E-state index contributed by atoms with van der Waals surface area (Å²) in [5.74, 6) is -0.814. The van der Waals surface area contributed by atoms with Crippen molar-refractivity contribution in [3.05, 3.63) is 33.3 Å². The highest BCUT2D eigenvalue weighted by molar-refractivity contribution is 9.10. The SMILES string of the molecule is CCc1cc(CN)cc(Br)c1CC(=O)O. The first kappa shape index (κ1) is 12.2. The van der Waals surface area contributed by atoms with Crippen LogP contribution in [0.1, 0.15) is 23.6 Å². The van der Waals surface area contributed by atoms with E-state index in [1.807, 2.05) is 19.1 Å². The number of rotatable bonds is 4. The van der Waals surface area contributed by atoms with Gasteiger partial charge in [-0.3, -0.25) is 4.79 Å². The maximum atomic E-state index is 10.7. The summed E-state index contributed by atoms with van der Waals surface area (Å²) in [6, 6.07) is 3.86. The fourth-order valence-corrected chi connectivity index (χ4v) is 2.23. The Bertz CT molecular complexity index is 377. The Morgan fingerprint density at radius 2 is 2.20 bits per heavy atom. The standard InChI is InChI=1S/C11H14BrNO2/c1-2-8-3-7(6-13)4-10(12)9(8)5-11(14)15/h3-4H,2,5-6,13H2,1H3,(H,14,15). The topological polar surface area (TPSA) is 63.3 Å². The van der Waals surface area contributed by atoms with Crippen LogP contribution in [-0.4, -0.2) is 11.1 Å². The third-order valence-corrected chi connectivity index (χ3v) is 3.00. The van der Waals surface area contributed by atoms with E-state index in [0.29, 0.717) is 6.54 Å². The maximum absolute atomic E-state index is 10.7. The summed E-state index contributed by atoms with van der Waals surface area (Å²) < 4.78 is 0.838. The van der Waals surface area contributed by atoms with Gasteiger partial charge in [-0.05, 0) is 29.2 Å². The molecule has 1 rings (SSSR count). The molecule has 0 unspecified atom stereocenters. The zero-order valence-corrected chi connectivity index (χ0v) is 10.2. The van der Waals surface area contributed by atoms with Crippen LogP contribution in [0.2, 0.25) is 0 Å². The van der Waals surface area contributed by atoms with Crippen LogP contribution >= 0.6 is 15.9 Å². The van der Waals surface area contributed by atoms with Crippen molar-refractivity contribution in [2.24, 2.45) is 5.73 Å². The van der Waals surface area contributed by atoms with Crippen LogP contribution in [0.3, 0.4) is 0 Å². The summed E-state index contributed by atoms with van der Waals surface area (Å²) in [5, 5.41) is 8.79. The molecule has 0 aliphatic heterocycles. The second-order valence-corrected chi connectivity index (χ2v) is 4.20. The zero-order valence-electron chi connectivity index (χ0n) is 8.59. The third-order valence-electron chi connectivity index (χ3n) is 2.29. The Kier molecular flexibility index (Phi) is 4.29. The number of hydrogen-bond acceptors (Lipinski definition) is 2. The van der Waals surface area contributed by atoms with Gasteiger partial charge >= 0.3 is 5.97 Å². The molecular formula is C11H14BrNO2. The van der Waals surface area contributed by atoms with Crippen LogP contribution in [0.25, 0.3) is 0 Å². The average Bonchev–Trinajstić information content (AvgIpc) is 2.20. The van der Waals surface area contributed by atoms with Crippen LogP contribution in [-0.2, 0) is 24.2 Å². The van der Waals surface area contributed by atoms with Crippen LogP contribution < -0.4 is 5.73 Å². The molecule has 0 saturated heterocycles. The molecule has 15 heavy (non-hydrogen) atoms. The first-order valence-electron chi connectivity index (χ1n) is 4.80. The van der Waals surface area contributed by atoms with Crippen LogP contribution in [0, 0.1) is 0 Å². The highest BCUT2D eigenvalue weighted by atomic mass is 79.9. The molecule has 82 valence electrons. The van der Waals surface area contributed by atoms with Gasteiger partial charge in [0.2, 0.25) is 0 Å². The second kappa shape index (κ2) is 5.28. The van der Waals surface area contributed by atoms with E-state index >= 15 is 0 Å². The number of carbonyl (C=O) groups is 1. The van der Waals surface area contributed by atoms with Crippen LogP contribution in [0.5, 0.6) is 0 Å². The van der Waals surface area contributed by atoms with E-state index in [2.05, 4.69) is 15.9 Å². The predicted molar refractivity (Wildman–Crippen MR) is 62.8 cm³/mol. The molecular weight excluding hydrogens is 258 g/mol. The molecule has 1 aromatic carbocycles. The minimum Gasteiger partial charge on any atom is -0.481 e. The molecule has 3 nitrogen and oxygen atoms in total. The van der Waals surface area contributed by atoms with Gasteiger partial charge in [-0.15, -0.1) is 0 Å². The smallest absolute Gasteiger partial charge is 0.307 e. The van der Waals surface area contributed by atoms with Gasteiger partial charge in [0.25, 0.3) is 0 Å². The third kappa shape index (κ3) is 3.04. The van der Waals surface area contributed by atoms with Crippen molar-refractivity contribution in [3.8, 4) is 0 Å². The summed E-state index contributed by atoms with van der Waals surface area (Å²) in [6.07, 6.45) is 0.865. The fourth-order valence-electron chi connectivity index (χ4n) is 1.54. The lowest BCUT2D eigenvalue weighted by Gasteiger charge is -2.10. The normalized spacial score (nSPS) is 10.3. The van der Waals surface area contributed by atoms with Gasteiger partial charge < -0.3 is 10.8 Å². The first-order valence-corrected chi connectivity index (χ1v) is 5.59. The van der Waals surface area contributed by atoms with Gasteiger partial charge in [-0.2, -0.15) is 0 Å². The van der Waals surface area contributed by atoms with E-state index in [-0.39, 0.29) is 6.42 Å². The first-order chi connectivity index (χ1) is 7.08. The quantitative estimate of drug-likeness (QED) is 0.882. The Hall–Kier alpha value is -0.870. The van der Waals surface area contributed by atoms with Crippen molar-refractivity contribution in [1.82, 2.24) is 0 Å². The average molecular weight is 272 g/mol. The number of aliphatic carboxylic acids is 1. The van der Waals surface area contributed by atoms with Gasteiger partial charge in [0.15, 0.2) is 0 Å². The Morgan fingerprint density at radius 3 is 2.67 bits per heavy atom. The van der Waals surface area contributed by atoms with Crippen molar-refractivity contribution in [2.75, 3.05) is 0 Å². The van der Waals surface area contributed by atoms with Crippen LogP contribution in [0.15, 0.2) is 16.6 Å². The number of halogens is 1. The minimum absolute atomic E-state index is 0.0502. The molecule has 0 bridgehead atoms. The number of benzene rings is 1. The van der Waals surface area contributed by atoms with E-state index in [9.17, 15) is 4.79 Å². The molecule has 0 saturated carbocycles. The van der Waals surface area contributed by atoms with Crippen molar-refractivity contribution in [2.45, 2.75) is 26.3 Å². The van der Waals surface area contributed by atoms with Crippen molar-refractivity contribution in [1.29, 1.82) is 0 Å². The minimum atomic E-state index is -0.814. The molecule has 0 radical (unpaired) electrons. The molecule has 0 heterocycles. The van der Waals surface area contributed by atoms with E-state index in [0.717, 1.165) is 27.6 Å². The Labute approximate surface area is 97.4 Å². The van der Waals surface area contributed by atoms with E-state index < -0.39 is 5.97 Å². The highest BCUT2D eigenvalue weighted by Gasteiger charge is 2.11. The molecule has 4 heteroatoms. The number of nitrogens with two attached hydrogens (primary N) is 1. The fraction of sp³-hybridized carbons (Fsp3) is 0.364. The zero-order chi connectivity index (χ0) is 11.4. The molecule has 0 amide bonds. The van der Waals surface area contributed by atoms with Crippen molar-refractivity contribution in [3.63, 3.8) is 0 Å². The molecule has 1 aromatic rings. The Morgan fingerprint density at radius 1 is 1.53 bits per heavy atom. The molecule has 0 fully saturated rings. The lowest BCUT2D eigenvalue weighted by Crippen LogP contribution is -2.06. The van der Waals surface area contributed by atoms with Gasteiger partial charge in [-0.1, -0.05) is 28.9 Å². The van der Waals surface area contributed by atoms with Crippen molar-refractivity contribution >= 4 is 21.9 Å².